The molecular weight excluding hydrogens is 332 g/mol. The van der Waals surface area contributed by atoms with Gasteiger partial charge in [0.15, 0.2) is 0 Å². The Morgan fingerprint density at radius 3 is 2.50 bits per heavy atom. The Hall–Kier alpha value is -1.56. The van der Waals surface area contributed by atoms with Gasteiger partial charge in [-0.1, -0.05) is 11.6 Å². The fourth-order valence-corrected chi connectivity index (χ4v) is 4.22. The fraction of sp³-hybridized carbons (Fsp3) is 0.800. The summed E-state index contributed by atoms with van der Waals surface area (Å²) in [7, 11) is 0. The lowest BCUT2D eigenvalue weighted by Crippen LogP contribution is -2.49. The molecule has 6 heteroatoms. The second-order valence-corrected chi connectivity index (χ2v) is 8.60. The van der Waals surface area contributed by atoms with E-state index in [0.29, 0.717) is 25.1 Å². The van der Waals surface area contributed by atoms with Crippen molar-refractivity contribution in [3.8, 4) is 0 Å². The average molecular weight is 364 g/mol. The third kappa shape index (κ3) is 4.78. The molecule has 2 heterocycles. The number of carbonyl (C=O) groups is 2. The van der Waals surface area contributed by atoms with E-state index in [1.54, 1.807) is 4.90 Å². The molecule has 2 aliphatic heterocycles. The predicted octanol–water partition coefficient (Wildman–Crippen LogP) is 2.97. The van der Waals surface area contributed by atoms with Crippen LogP contribution in [0.1, 0.15) is 52.9 Å². The average Bonchev–Trinajstić information content (AvgIpc) is 2.61. The van der Waals surface area contributed by atoms with Crippen LogP contribution >= 0.6 is 0 Å². The highest BCUT2D eigenvalue weighted by molar-refractivity contribution is 5.78. The lowest BCUT2D eigenvalue weighted by Gasteiger charge is -2.40. The van der Waals surface area contributed by atoms with Gasteiger partial charge in [-0.15, -0.1) is 0 Å². The summed E-state index contributed by atoms with van der Waals surface area (Å²) in [4.78, 5) is 28.0. The Morgan fingerprint density at radius 1 is 1.19 bits per heavy atom. The van der Waals surface area contributed by atoms with Crippen LogP contribution < -0.4 is 0 Å². The molecule has 0 spiro atoms. The van der Waals surface area contributed by atoms with Gasteiger partial charge < -0.3 is 19.3 Å². The van der Waals surface area contributed by atoms with Gasteiger partial charge in [0, 0.05) is 25.7 Å². The zero-order valence-electron chi connectivity index (χ0n) is 16.3. The molecule has 1 aliphatic carbocycles. The van der Waals surface area contributed by atoms with Crippen molar-refractivity contribution in [2.75, 3.05) is 32.8 Å². The third-order valence-electron chi connectivity index (χ3n) is 5.58. The van der Waals surface area contributed by atoms with Crippen molar-refractivity contribution >= 4 is 12.0 Å². The maximum atomic E-state index is 12.2. The zero-order valence-corrected chi connectivity index (χ0v) is 16.3. The van der Waals surface area contributed by atoms with Crippen molar-refractivity contribution in [3.05, 3.63) is 11.6 Å². The Labute approximate surface area is 156 Å². The van der Waals surface area contributed by atoms with Crippen LogP contribution in [0.4, 0.5) is 4.79 Å². The van der Waals surface area contributed by atoms with Crippen molar-refractivity contribution < 1.29 is 19.1 Å². The summed E-state index contributed by atoms with van der Waals surface area (Å²) >= 11 is 0. The summed E-state index contributed by atoms with van der Waals surface area (Å²) in [6, 6.07) is 0.380. The van der Waals surface area contributed by atoms with E-state index in [1.165, 1.54) is 5.57 Å². The maximum Gasteiger partial charge on any atom is 0.410 e. The Balaban J connectivity index is 1.48. The van der Waals surface area contributed by atoms with E-state index in [1.807, 2.05) is 25.7 Å². The molecule has 6 nitrogen and oxygen atoms in total. The second-order valence-electron chi connectivity index (χ2n) is 8.60. The summed E-state index contributed by atoms with van der Waals surface area (Å²) in [6.45, 7) is 8.72. The minimum atomic E-state index is -0.448. The molecule has 0 N–H and O–H groups in total. The van der Waals surface area contributed by atoms with Crippen LogP contribution in [0, 0.1) is 5.92 Å². The molecule has 2 fully saturated rings. The van der Waals surface area contributed by atoms with Crippen molar-refractivity contribution in [2.24, 2.45) is 5.92 Å². The molecule has 3 aliphatic rings. The first-order valence-corrected chi connectivity index (χ1v) is 9.87. The van der Waals surface area contributed by atoms with Crippen molar-refractivity contribution in [1.82, 2.24) is 9.80 Å². The van der Waals surface area contributed by atoms with Crippen molar-refractivity contribution in [1.29, 1.82) is 0 Å². The molecule has 0 unspecified atom stereocenters. The zero-order chi connectivity index (χ0) is 18.7. The van der Waals surface area contributed by atoms with Crippen LogP contribution in [-0.4, -0.2) is 66.3 Å². The molecule has 1 saturated heterocycles. The second kappa shape index (κ2) is 7.99. The minimum absolute atomic E-state index is 0.143. The van der Waals surface area contributed by atoms with E-state index >= 15 is 0 Å². The molecule has 0 aromatic carbocycles. The summed E-state index contributed by atoms with van der Waals surface area (Å²) < 4.78 is 10.7. The van der Waals surface area contributed by atoms with Crippen molar-refractivity contribution in [3.63, 3.8) is 0 Å². The molecule has 26 heavy (non-hydrogen) atoms. The number of rotatable bonds is 2. The lowest BCUT2D eigenvalue weighted by molar-refractivity contribution is -0.146. The summed E-state index contributed by atoms with van der Waals surface area (Å²) in [6.07, 6.45) is 7.35. The molecule has 0 atom stereocenters. The van der Waals surface area contributed by atoms with Gasteiger partial charge in [0.25, 0.3) is 0 Å². The number of hydrogen-bond acceptors (Lipinski definition) is 4. The van der Waals surface area contributed by atoms with E-state index in [-0.39, 0.29) is 18.6 Å². The van der Waals surface area contributed by atoms with Gasteiger partial charge in [0.05, 0.1) is 6.61 Å². The largest absolute Gasteiger partial charge is 0.444 e. The lowest BCUT2D eigenvalue weighted by atomic mass is 9.79. The first kappa shape index (κ1) is 19.2. The Bertz CT molecular complexity index is 559. The first-order chi connectivity index (χ1) is 12.3. The predicted molar refractivity (Wildman–Crippen MR) is 98.8 cm³/mol. The minimum Gasteiger partial charge on any atom is -0.444 e. The summed E-state index contributed by atoms with van der Waals surface area (Å²) in [5.74, 6) is 0.743. The molecule has 0 bridgehead atoms. The standard InChI is InChI=1S/C20H32N2O4/c1-20(2,3)26-19(24)21-10-8-16(9-11-21)15-4-6-17(7-5-15)22-12-13-25-14-18(22)23/h8,15,17H,4-7,9-14H2,1-3H3. The highest BCUT2D eigenvalue weighted by Crippen LogP contribution is 2.35. The maximum absolute atomic E-state index is 12.2. The van der Waals surface area contributed by atoms with E-state index < -0.39 is 5.60 Å². The molecule has 3 rings (SSSR count). The van der Waals surface area contributed by atoms with Crippen LogP contribution in [0.25, 0.3) is 0 Å². The fourth-order valence-electron chi connectivity index (χ4n) is 4.22. The highest BCUT2D eigenvalue weighted by atomic mass is 16.6. The van der Waals surface area contributed by atoms with E-state index in [4.69, 9.17) is 9.47 Å². The van der Waals surface area contributed by atoms with E-state index in [9.17, 15) is 9.59 Å². The number of hydrogen-bond donors (Lipinski definition) is 0. The Morgan fingerprint density at radius 2 is 1.92 bits per heavy atom. The molecule has 0 aromatic rings. The molecule has 146 valence electrons. The molecule has 0 radical (unpaired) electrons. The molecule has 2 amide bonds. The van der Waals surface area contributed by atoms with Crippen LogP contribution in [0.3, 0.4) is 0 Å². The van der Waals surface area contributed by atoms with Crippen LogP contribution in [-0.2, 0) is 14.3 Å². The van der Waals surface area contributed by atoms with Gasteiger partial charge in [-0.2, -0.15) is 0 Å². The summed E-state index contributed by atoms with van der Waals surface area (Å²) in [5.41, 5.74) is 1.03. The van der Waals surface area contributed by atoms with Gasteiger partial charge in [0.1, 0.15) is 12.2 Å². The highest BCUT2D eigenvalue weighted by Gasteiger charge is 2.32. The van der Waals surface area contributed by atoms with E-state index in [2.05, 4.69) is 6.08 Å². The van der Waals surface area contributed by atoms with Gasteiger partial charge >= 0.3 is 6.09 Å². The number of carbonyl (C=O) groups excluding carboxylic acids is 2. The quantitative estimate of drug-likeness (QED) is 0.707. The van der Waals surface area contributed by atoms with Gasteiger partial charge in [-0.05, 0) is 58.8 Å². The Kier molecular flexibility index (Phi) is 5.90. The summed E-state index contributed by atoms with van der Waals surface area (Å²) in [5, 5.41) is 0. The first-order valence-electron chi connectivity index (χ1n) is 9.87. The van der Waals surface area contributed by atoms with Crippen LogP contribution in [0.2, 0.25) is 0 Å². The number of ether oxygens (including phenoxy) is 2. The SMILES string of the molecule is CC(C)(C)OC(=O)N1CC=C(C2CCC(N3CCOCC3=O)CC2)CC1. The molecule has 1 saturated carbocycles. The van der Waals surface area contributed by atoms with Crippen LogP contribution in [0.15, 0.2) is 11.6 Å². The van der Waals surface area contributed by atoms with Gasteiger partial charge in [0.2, 0.25) is 5.91 Å². The van der Waals surface area contributed by atoms with Gasteiger partial charge in [-0.3, -0.25) is 4.79 Å². The smallest absolute Gasteiger partial charge is 0.410 e. The normalized spacial score (nSPS) is 28.0. The number of morpholine rings is 1. The third-order valence-corrected chi connectivity index (χ3v) is 5.58. The number of amides is 2. The van der Waals surface area contributed by atoms with Crippen LogP contribution in [0.5, 0.6) is 0 Å². The monoisotopic (exact) mass is 364 g/mol. The topological polar surface area (TPSA) is 59.1 Å². The van der Waals surface area contributed by atoms with Gasteiger partial charge in [-0.25, -0.2) is 4.79 Å². The van der Waals surface area contributed by atoms with E-state index in [0.717, 1.165) is 45.2 Å². The molecule has 0 aromatic heterocycles. The number of nitrogens with zero attached hydrogens (tertiary/aromatic N) is 2. The van der Waals surface area contributed by atoms with Crippen molar-refractivity contribution in [2.45, 2.75) is 64.5 Å². The molecular formula is C20H32N2O4.